The van der Waals surface area contributed by atoms with Gasteiger partial charge in [-0.05, 0) is 31.8 Å². The van der Waals surface area contributed by atoms with Crippen molar-refractivity contribution in [1.82, 2.24) is 5.32 Å². The minimum absolute atomic E-state index is 0.269. The summed E-state index contributed by atoms with van der Waals surface area (Å²) in [5.41, 5.74) is 0.844. The summed E-state index contributed by atoms with van der Waals surface area (Å²) in [4.78, 5) is 9.97. The van der Waals surface area contributed by atoms with Crippen molar-refractivity contribution in [2.75, 3.05) is 14.1 Å². The molecule has 0 heterocycles. The van der Waals surface area contributed by atoms with Gasteiger partial charge in [0.2, 0.25) is 0 Å². The smallest absolute Gasteiger partial charge is 0.124 e. The fraction of sp³-hybridized carbons (Fsp3) is 0.300. The van der Waals surface area contributed by atoms with Crippen LogP contribution < -0.4 is 5.32 Å². The number of halogens is 1. The highest BCUT2D eigenvalue weighted by atomic mass is 19.1. The molecule has 0 amide bonds. The van der Waals surface area contributed by atoms with Gasteiger partial charge in [-0.15, -0.1) is 0 Å². The normalized spacial score (nSPS) is 8.54. The molecule has 1 N–H and O–H groups in total. The van der Waals surface area contributed by atoms with Crippen LogP contribution in [0, 0.1) is 5.82 Å². The molecule has 3 heteroatoms. The largest absolute Gasteiger partial charge is 0.323 e. The Balaban J connectivity index is 0.000000424. The summed E-state index contributed by atoms with van der Waals surface area (Å²) in [5, 5.41) is 2.75. The first-order valence-corrected chi connectivity index (χ1v) is 4.01. The number of carbonyl (C=O) groups excluding carboxylic acids is 1. The number of hydrogen-bond donors (Lipinski definition) is 1. The van der Waals surface area contributed by atoms with E-state index in [1.54, 1.807) is 12.1 Å². The van der Waals surface area contributed by atoms with Crippen LogP contribution in [0.1, 0.15) is 5.56 Å². The van der Waals surface area contributed by atoms with Crippen LogP contribution in [0.15, 0.2) is 24.3 Å². The lowest BCUT2D eigenvalue weighted by Gasteiger charge is -1.91. The lowest BCUT2D eigenvalue weighted by Crippen LogP contribution is -1.89. The Bertz CT molecular complexity index is 233. The van der Waals surface area contributed by atoms with Gasteiger partial charge in [0.25, 0.3) is 0 Å². The number of carbonyl (C=O) groups is 1. The number of hydrogen-bond acceptors (Lipinski definition) is 2. The molecule has 0 fully saturated rings. The minimum Gasteiger partial charge on any atom is -0.323 e. The van der Waals surface area contributed by atoms with E-state index in [1.165, 1.54) is 12.1 Å². The van der Waals surface area contributed by atoms with E-state index in [2.05, 4.69) is 5.32 Å². The van der Waals surface area contributed by atoms with E-state index in [4.69, 9.17) is 0 Å². The standard InChI is InChI=1S/C8H7FO.C2H7N/c9-8-3-1-7(2-4-8)5-6-10;1-3-2/h1-4,6H,5H2;3H,1-2H3. The summed E-state index contributed by atoms with van der Waals surface area (Å²) in [5.74, 6) is -0.269. The predicted octanol–water partition coefficient (Wildman–Crippen LogP) is 1.40. The maximum absolute atomic E-state index is 12.2. The van der Waals surface area contributed by atoms with Crippen molar-refractivity contribution in [3.8, 4) is 0 Å². The van der Waals surface area contributed by atoms with E-state index >= 15 is 0 Å². The van der Waals surface area contributed by atoms with Crippen LogP contribution in [0.4, 0.5) is 4.39 Å². The molecule has 0 spiro atoms. The number of benzene rings is 1. The lowest BCUT2D eigenvalue weighted by molar-refractivity contribution is -0.107. The maximum Gasteiger partial charge on any atom is 0.124 e. The highest BCUT2D eigenvalue weighted by Gasteiger charge is 1.90. The van der Waals surface area contributed by atoms with Crippen LogP contribution in [0.25, 0.3) is 0 Å². The third kappa shape index (κ3) is 5.99. The van der Waals surface area contributed by atoms with Gasteiger partial charge in [-0.25, -0.2) is 4.39 Å². The Morgan fingerprint density at radius 2 is 1.77 bits per heavy atom. The average Bonchev–Trinajstić information content (AvgIpc) is 2.11. The molecule has 72 valence electrons. The fourth-order valence-corrected chi connectivity index (χ4v) is 0.717. The van der Waals surface area contributed by atoms with Crippen molar-refractivity contribution in [3.63, 3.8) is 0 Å². The second kappa shape index (κ2) is 7.43. The lowest BCUT2D eigenvalue weighted by atomic mass is 10.2. The third-order valence-corrected chi connectivity index (χ3v) is 1.23. The van der Waals surface area contributed by atoms with E-state index in [0.717, 1.165) is 11.8 Å². The van der Waals surface area contributed by atoms with Crippen molar-refractivity contribution in [2.24, 2.45) is 0 Å². The Morgan fingerprint density at radius 3 is 2.15 bits per heavy atom. The molecule has 1 rings (SSSR count). The number of aldehydes is 1. The molecule has 0 saturated heterocycles. The molecular formula is C10H14FNO. The van der Waals surface area contributed by atoms with Crippen molar-refractivity contribution in [3.05, 3.63) is 35.6 Å². The molecule has 0 aliphatic rings. The van der Waals surface area contributed by atoms with Gasteiger partial charge in [0.1, 0.15) is 12.1 Å². The first-order chi connectivity index (χ1) is 6.24. The zero-order valence-electron chi connectivity index (χ0n) is 7.88. The van der Waals surface area contributed by atoms with Crippen LogP contribution in [0.2, 0.25) is 0 Å². The highest BCUT2D eigenvalue weighted by molar-refractivity contribution is 5.54. The topological polar surface area (TPSA) is 29.1 Å². The summed E-state index contributed by atoms with van der Waals surface area (Å²) in [6, 6.07) is 5.89. The van der Waals surface area contributed by atoms with Gasteiger partial charge in [-0.1, -0.05) is 12.1 Å². The Hall–Kier alpha value is -1.22. The Kier molecular flexibility index (Phi) is 6.73. The molecule has 13 heavy (non-hydrogen) atoms. The van der Waals surface area contributed by atoms with E-state index in [1.807, 2.05) is 14.1 Å². The second-order valence-corrected chi connectivity index (χ2v) is 2.50. The van der Waals surface area contributed by atoms with Gasteiger partial charge < -0.3 is 10.1 Å². The zero-order valence-corrected chi connectivity index (χ0v) is 7.88. The molecule has 0 aliphatic heterocycles. The first-order valence-electron chi connectivity index (χ1n) is 4.01. The predicted molar refractivity (Wildman–Crippen MR) is 51.2 cm³/mol. The van der Waals surface area contributed by atoms with Crippen LogP contribution >= 0.6 is 0 Å². The Morgan fingerprint density at radius 1 is 1.31 bits per heavy atom. The molecule has 2 nitrogen and oxygen atoms in total. The van der Waals surface area contributed by atoms with Gasteiger partial charge in [-0.2, -0.15) is 0 Å². The average molecular weight is 183 g/mol. The summed E-state index contributed by atoms with van der Waals surface area (Å²) in [6.45, 7) is 0. The van der Waals surface area contributed by atoms with Gasteiger partial charge >= 0.3 is 0 Å². The fourth-order valence-electron chi connectivity index (χ4n) is 0.717. The summed E-state index contributed by atoms with van der Waals surface area (Å²) >= 11 is 0. The van der Waals surface area contributed by atoms with Gasteiger partial charge in [0.05, 0.1) is 0 Å². The highest BCUT2D eigenvalue weighted by Crippen LogP contribution is 2.01. The van der Waals surface area contributed by atoms with E-state index in [0.29, 0.717) is 6.42 Å². The molecule has 0 atom stereocenters. The summed E-state index contributed by atoms with van der Waals surface area (Å²) < 4.78 is 12.2. The van der Waals surface area contributed by atoms with Crippen molar-refractivity contribution in [1.29, 1.82) is 0 Å². The molecule has 0 radical (unpaired) electrons. The SMILES string of the molecule is CNC.O=CCc1ccc(F)cc1. The van der Waals surface area contributed by atoms with Crippen LogP contribution in [0.5, 0.6) is 0 Å². The molecule has 1 aromatic rings. The molecular weight excluding hydrogens is 169 g/mol. The maximum atomic E-state index is 12.2. The van der Waals surface area contributed by atoms with Crippen molar-refractivity contribution < 1.29 is 9.18 Å². The number of nitrogens with one attached hydrogen (secondary N) is 1. The minimum atomic E-state index is -0.269. The summed E-state index contributed by atoms with van der Waals surface area (Å²) in [7, 11) is 3.75. The van der Waals surface area contributed by atoms with Gasteiger partial charge in [0, 0.05) is 6.42 Å². The zero-order chi connectivity index (χ0) is 10.1. The molecule has 0 bridgehead atoms. The van der Waals surface area contributed by atoms with Crippen molar-refractivity contribution in [2.45, 2.75) is 6.42 Å². The summed E-state index contributed by atoms with van der Waals surface area (Å²) in [6.07, 6.45) is 1.16. The van der Waals surface area contributed by atoms with Crippen LogP contribution in [0.3, 0.4) is 0 Å². The second-order valence-electron chi connectivity index (χ2n) is 2.50. The number of rotatable bonds is 2. The quantitative estimate of drug-likeness (QED) is 0.702. The van der Waals surface area contributed by atoms with E-state index < -0.39 is 0 Å². The van der Waals surface area contributed by atoms with Gasteiger partial charge in [-0.3, -0.25) is 0 Å². The molecule has 1 aromatic carbocycles. The van der Waals surface area contributed by atoms with Crippen LogP contribution in [-0.2, 0) is 11.2 Å². The molecule has 0 unspecified atom stereocenters. The molecule has 0 aromatic heterocycles. The van der Waals surface area contributed by atoms with Gasteiger partial charge in [0.15, 0.2) is 0 Å². The van der Waals surface area contributed by atoms with Crippen LogP contribution in [-0.4, -0.2) is 20.4 Å². The molecule has 0 aliphatic carbocycles. The first kappa shape index (κ1) is 11.8. The van der Waals surface area contributed by atoms with Crippen molar-refractivity contribution >= 4 is 6.29 Å². The monoisotopic (exact) mass is 183 g/mol. The molecule has 0 saturated carbocycles. The third-order valence-electron chi connectivity index (χ3n) is 1.23. The Labute approximate surface area is 77.8 Å². The van der Waals surface area contributed by atoms with E-state index in [9.17, 15) is 9.18 Å². The van der Waals surface area contributed by atoms with E-state index in [-0.39, 0.29) is 5.82 Å².